The Labute approximate surface area is 136 Å². The van der Waals surface area contributed by atoms with Crippen LogP contribution in [0.4, 0.5) is 4.79 Å². The minimum atomic E-state index is -0.409. The molecule has 22 heavy (non-hydrogen) atoms. The molecule has 1 saturated heterocycles. The maximum Gasteiger partial charge on any atom is 0.410 e. The third kappa shape index (κ3) is 4.87. The van der Waals surface area contributed by atoms with Crippen LogP contribution in [-0.4, -0.2) is 41.8 Å². The fourth-order valence-electron chi connectivity index (χ4n) is 3.36. The molecule has 128 valence electrons. The Balaban J connectivity index is 1.79. The van der Waals surface area contributed by atoms with E-state index in [0.29, 0.717) is 17.5 Å². The van der Waals surface area contributed by atoms with Gasteiger partial charge >= 0.3 is 6.09 Å². The molecule has 2 aliphatic rings. The minimum absolute atomic E-state index is 0.144. The SMILES string of the molecule is CCC1(CNC(C)CC2CCCN2C(=O)OC(C)(C)C)CC1. The van der Waals surface area contributed by atoms with Gasteiger partial charge in [0.15, 0.2) is 0 Å². The number of carbonyl (C=O) groups is 1. The van der Waals surface area contributed by atoms with Crippen molar-refractivity contribution in [3.8, 4) is 0 Å². The van der Waals surface area contributed by atoms with Crippen LogP contribution in [0.1, 0.15) is 73.1 Å². The van der Waals surface area contributed by atoms with Crippen molar-refractivity contribution in [3.05, 3.63) is 0 Å². The molecular formula is C18H34N2O2. The standard InChI is InChI=1S/C18H34N2O2/c1-6-18(9-10-18)13-19-14(2)12-15-8-7-11-20(15)16(21)22-17(3,4)5/h14-15,19H,6-13H2,1-5H3. The second-order valence-corrected chi connectivity index (χ2v) is 8.34. The molecule has 1 amide bonds. The Hall–Kier alpha value is -0.770. The predicted molar refractivity (Wildman–Crippen MR) is 90.0 cm³/mol. The highest BCUT2D eigenvalue weighted by molar-refractivity contribution is 5.68. The van der Waals surface area contributed by atoms with E-state index in [2.05, 4.69) is 19.2 Å². The van der Waals surface area contributed by atoms with Gasteiger partial charge in [0.05, 0.1) is 0 Å². The number of nitrogens with one attached hydrogen (secondary N) is 1. The van der Waals surface area contributed by atoms with Crippen molar-refractivity contribution in [2.45, 2.75) is 90.8 Å². The Bertz CT molecular complexity index is 385. The average Bonchev–Trinajstić information content (AvgIpc) is 3.06. The minimum Gasteiger partial charge on any atom is -0.444 e. The summed E-state index contributed by atoms with van der Waals surface area (Å²) < 4.78 is 5.54. The molecule has 1 N–H and O–H groups in total. The molecule has 0 radical (unpaired) electrons. The average molecular weight is 310 g/mol. The summed E-state index contributed by atoms with van der Waals surface area (Å²) in [6, 6.07) is 0.784. The van der Waals surface area contributed by atoms with E-state index in [-0.39, 0.29) is 6.09 Å². The number of nitrogens with zero attached hydrogens (tertiary/aromatic N) is 1. The first-order chi connectivity index (χ1) is 10.2. The highest BCUT2D eigenvalue weighted by Crippen LogP contribution is 2.47. The molecule has 1 saturated carbocycles. The predicted octanol–water partition coefficient (Wildman–Crippen LogP) is 3.94. The number of hydrogen-bond donors (Lipinski definition) is 1. The van der Waals surface area contributed by atoms with Crippen molar-refractivity contribution in [1.29, 1.82) is 0 Å². The number of hydrogen-bond acceptors (Lipinski definition) is 3. The Morgan fingerprint density at radius 2 is 2.09 bits per heavy atom. The lowest BCUT2D eigenvalue weighted by molar-refractivity contribution is 0.0214. The van der Waals surface area contributed by atoms with Gasteiger partial charge in [0.2, 0.25) is 0 Å². The van der Waals surface area contributed by atoms with Gasteiger partial charge in [-0.3, -0.25) is 0 Å². The molecule has 2 unspecified atom stereocenters. The first-order valence-electron chi connectivity index (χ1n) is 8.98. The summed E-state index contributed by atoms with van der Waals surface area (Å²) in [4.78, 5) is 14.3. The topological polar surface area (TPSA) is 41.6 Å². The molecule has 2 atom stereocenters. The lowest BCUT2D eigenvalue weighted by Gasteiger charge is -2.30. The second kappa shape index (κ2) is 6.77. The molecule has 2 fully saturated rings. The van der Waals surface area contributed by atoms with E-state index >= 15 is 0 Å². The van der Waals surface area contributed by atoms with Gasteiger partial charge in [-0.2, -0.15) is 0 Å². The van der Waals surface area contributed by atoms with Gasteiger partial charge in [-0.05, 0) is 71.6 Å². The number of ether oxygens (including phenoxy) is 1. The van der Waals surface area contributed by atoms with Crippen LogP contribution in [0.3, 0.4) is 0 Å². The van der Waals surface area contributed by atoms with Crippen molar-refractivity contribution in [1.82, 2.24) is 10.2 Å². The molecular weight excluding hydrogens is 276 g/mol. The van der Waals surface area contributed by atoms with E-state index in [4.69, 9.17) is 4.74 Å². The number of likely N-dealkylation sites (tertiary alicyclic amines) is 1. The van der Waals surface area contributed by atoms with Gasteiger partial charge in [-0.25, -0.2) is 4.79 Å². The number of amides is 1. The molecule has 1 aliphatic heterocycles. The smallest absolute Gasteiger partial charge is 0.410 e. The van der Waals surface area contributed by atoms with Crippen LogP contribution in [0, 0.1) is 5.41 Å². The lowest BCUT2D eigenvalue weighted by atomic mass is 10.0. The van der Waals surface area contributed by atoms with Gasteiger partial charge in [0.25, 0.3) is 0 Å². The van der Waals surface area contributed by atoms with Crippen LogP contribution in [0.2, 0.25) is 0 Å². The summed E-state index contributed by atoms with van der Waals surface area (Å²) in [5.41, 5.74) is 0.169. The Kier molecular flexibility index (Phi) is 5.41. The van der Waals surface area contributed by atoms with Crippen LogP contribution >= 0.6 is 0 Å². The van der Waals surface area contributed by atoms with Gasteiger partial charge in [0.1, 0.15) is 5.60 Å². The summed E-state index contributed by atoms with van der Waals surface area (Å²) in [6.07, 6.45) is 7.10. The van der Waals surface area contributed by atoms with Crippen molar-refractivity contribution in [3.63, 3.8) is 0 Å². The van der Waals surface area contributed by atoms with Crippen LogP contribution in [0.15, 0.2) is 0 Å². The van der Waals surface area contributed by atoms with Gasteiger partial charge < -0.3 is 15.0 Å². The second-order valence-electron chi connectivity index (χ2n) is 8.34. The third-order valence-corrected chi connectivity index (χ3v) is 5.16. The summed E-state index contributed by atoms with van der Waals surface area (Å²) in [5.74, 6) is 0. The Morgan fingerprint density at radius 3 is 2.64 bits per heavy atom. The fraction of sp³-hybridized carbons (Fsp3) is 0.944. The lowest BCUT2D eigenvalue weighted by Crippen LogP contribution is -2.43. The van der Waals surface area contributed by atoms with E-state index in [9.17, 15) is 4.79 Å². The van der Waals surface area contributed by atoms with Crippen LogP contribution < -0.4 is 5.32 Å². The molecule has 0 aromatic rings. The first kappa shape index (κ1) is 17.6. The first-order valence-corrected chi connectivity index (χ1v) is 8.98. The molecule has 0 aromatic carbocycles. The van der Waals surface area contributed by atoms with Crippen molar-refractivity contribution in [2.24, 2.45) is 5.41 Å². The number of rotatable bonds is 6. The van der Waals surface area contributed by atoms with E-state index in [0.717, 1.165) is 32.4 Å². The quantitative estimate of drug-likeness (QED) is 0.808. The molecule has 0 bridgehead atoms. The number of carbonyl (C=O) groups excluding carboxylic acids is 1. The van der Waals surface area contributed by atoms with Crippen LogP contribution in [-0.2, 0) is 4.74 Å². The highest BCUT2D eigenvalue weighted by Gasteiger charge is 2.40. The maximum atomic E-state index is 12.3. The van der Waals surface area contributed by atoms with Crippen LogP contribution in [0.5, 0.6) is 0 Å². The zero-order valence-electron chi connectivity index (χ0n) is 15.1. The highest BCUT2D eigenvalue weighted by atomic mass is 16.6. The summed E-state index contributed by atoms with van der Waals surface area (Å²) in [5, 5.41) is 3.69. The third-order valence-electron chi connectivity index (χ3n) is 5.16. The fourth-order valence-corrected chi connectivity index (χ4v) is 3.36. The normalized spacial score (nSPS) is 25.1. The van der Waals surface area contributed by atoms with Crippen molar-refractivity contribution < 1.29 is 9.53 Å². The van der Waals surface area contributed by atoms with Gasteiger partial charge in [-0.1, -0.05) is 6.92 Å². The molecule has 1 aliphatic carbocycles. The van der Waals surface area contributed by atoms with E-state index in [1.165, 1.54) is 19.3 Å². The van der Waals surface area contributed by atoms with E-state index in [1.807, 2.05) is 25.7 Å². The molecule has 4 nitrogen and oxygen atoms in total. The summed E-state index contributed by atoms with van der Waals surface area (Å²) >= 11 is 0. The summed E-state index contributed by atoms with van der Waals surface area (Å²) in [6.45, 7) is 12.3. The van der Waals surface area contributed by atoms with Crippen molar-refractivity contribution in [2.75, 3.05) is 13.1 Å². The molecule has 4 heteroatoms. The Morgan fingerprint density at radius 1 is 1.41 bits per heavy atom. The molecule has 0 aromatic heterocycles. The summed E-state index contributed by atoms with van der Waals surface area (Å²) in [7, 11) is 0. The molecule has 1 heterocycles. The monoisotopic (exact) mass is 310 g/mol. The maximum absolute atomic E-state index is 12.3. The van der Waals surface area contributed by atoms with Gasteiger partial charge in [0, 0.05) is 25.2 Å². The van der Waals surface area contributed by atoms with Crippen LogP contribution in [0.25, 0.3) is 0 Å². The van der Waals surface area contributed by atoms with E-state index < -0.39 is 5.60 Å². The van der Waals surface area contributed by atoms with E-state index in [1.54, 1.807) is 0 Å². The van der Waals surface area contributed by atoms with Gasteiger partial charge in [-0.15, -0.1) is 0 Å². The zero-order chi connectivity index (χ0) is 16.4. The zero-order valence-corrected chi connectivity index (χ0v) is 15.1. The molecule has 2 rings (SSSR count). The molecule has 0 spiro atoms. The largest absolute Gasteiger partial charge is 0.444 e. The van der Waals surface area contributed by atoms with Crippen molar-refractivity contribution >= 4 is 6.09 Å².